The summed E-state index contributed by atoms with van der Waals surface area (Å²) in [5.41, 5.74) is 1.93. The molecule has 1 atom stereocenters. The van der Waals surface area contributed by atoms with Gasteiger partial charge in [-0.3, -0.25) is 0 Å². The molecule has 1 rings (SSSR count). The molecule has 0 spiro atoms. The van der Waals surface area contributed by atoms with Gasteiger partial charge in [-0.1, -0.05) is 36.4 Å². The quantitative estimate of drug-likeness (QED) is 0.690. The van der Waals surface area contributed by atoms with Crippen molar-refractivity contribution in [3.8, 4) is 0 Å². The third-order valence-electron chi connectivity index (χ3n) is 1.93. The van der Waals surface area contributed by atoms with Gasteiger partial charge in [0, 0.05) is 0 Å². The van der Waals surface area contributed by atoms with E-state index >= 15 is 0 Å². The predicted octanol–water partition coefficient (Wildman–Crippen LogP) is 1.58. The lowest BCUT2D eigenvalue weighted by Crippen LogP contribution is -1.96. The maximum absolute atomic E-state index is 9.63. The van der Waals surface area contributed by atoms with Gasteiger partial charge < -0.3 is 10.2 Å². The summed E-state index contributed by atoms with van der Waals surface area (Å²) in [7, 11) is 0. The monoisotopic (exact) mass is 178 g/mol. The molecule has 0 unspecified atom stereocenters. The lowest BCUT2D eigenvalue weighted by molar-refractivity contribution is 0.226. The summed E-state index contributed by atoms with van der Waals surface area (Å²) < 4.78 is 0. The van der Waals surface area contributed by atoms with E-state index in [4.69, 9.17) is 5.11 Å². The number of rotatable bonds is 3. The van der Waals surface area contributed by atoms with Crippen molar-refractivity contribution in [2.45, 2.75) is 13.0 Å². The van der Waals surface area contributed by atoms with Crippen LogP contribution in [-0.2, 0) is 0 Å². The molecule has 2 N–H and O–H groups in total. The molecule has 1 aromatic carbocycles. The van der Waals surface area contributed by atoms with Crippen molar-refractivity contribution < 1.29 is 10.2 Å². The highest BCUT2D eigenvalue weighted by Gasteiger charge is 2.04. The van der Waals surface area contributed by atoms with Gasteiger partial charge in [0.2, 0.25) is 0 Å². The molecule has 0 amide bonds. The van der Waals surface area contributed by atoms with Crippen LogP contribution in [0.4, 0.5) is 0 Å². The van der Waals surface area contributed by atoms with Gasteiger partial charge in [-0.05, 0) is 18.1 Å². The minimum absolute atomic E-state index is 0.0387. The Balaban J connectivity index is 2.82. The van der Waals surface area contributed by atoms with E-state index in [2.05, 4.69) is 0 Å². The zero-order chi connectivity index (χ0) is 9.68. The summed E-state index contributed by atoms with van der Waals surface area (Å²) in [6, 6.07) is 7.65. The lowest BCUT2D eigenvalue weighted by atomic mass is 10.0. The number of hydrogen-bond donors (Lipinski definition) is 2. The molecule has 0 saturated carbocycles. The average Bonchev–Trinajstić information content (AvgIpc) is 2.15. The fourth-order valence-electron chi connectivity index (χ4n) is 1.21. The first-order valence-corrected chi connectivity index (χ1v) is 4.27. The number of benzene rings is 1. The lowest BCUT2D eigenvalue weighted by Gasteiger charge is -2.08. The largest absolute Gasteiger partial charge is 0.392 e. The van der Waals surface area contributed by atoms with Gasteiger partial charge in [0.25, 0.3) is 0 Å². The van der Waals surface area contributed by atoms with Crippen LogP contribution < -0.4 is 0 Å². The summed E-state index contributed by atoms with van der Waals surface area (Å²) in [5.74, 6) is 0. The maximum Gasteiger partial charge on any atom is 0.0975 e. The van der Waals surface area contributed by atoms with E-state index < -0.39 is 6.10 Å². The molecule has 0 bridgehead atoms. The van der Waals surface area contributed by atoms with Crippen LogP contribution in [0.5, 0.6) is 0 Å². The van der Waals surface area contributed by atoms with Gasteiger partial charge in [-0.2, -0.15) is 0 Å². The van der Waals surface area contributed by atoms with E-state index in [9.17, 15) is 5.11 Å². The molecule has 70 valence electrons. The van der Waals surface area contributed by atoms with E-state index in [0.29, 0.717) is 0 Å². The summed E-state index contributed by atoms with van der Waals surface area (Å²) in [5, 5.41) is 18.2. The average molecular weight is 178 g/mol. The van der Waals surface area contributed by atoms with Crippen LogP contribution in [0.1, 0.15) is 17.2 Å². The smallest absolute Gasteiger partial charge is 0.0975 e. The second kappa shape index (κ2) is 4.80. The van der Waals surface area contributed by atoms with Gasteiger partial charge in [0.15, 0.2) is 0 Å². The molecule has 0 aliphatic heterocycles. The molecular weight excluding hydrogens is 164 g/mol. The highest BCUT2D eigenvalue weighted by Crippen LogP contribution is 2.17. The predicted molar refractivity (Wildman–Crippen MR) is 52.4 cm³/mol. The van der Waals surface area contributed by atoms with E-state index in [1.54, 1.807) is 6.08 Å². The third kappa shape index (κ3) is 2.68. The summed E-state index contributed by atoms with van der Waals surface area (Å²) in [6.07, 6.45) is 2.51. The van der Waals surface area contributed by atoms with Crippen LogP contribution in [0.15, 0.2) is 36.4 Å². The Morgan fingerprint density at radius 1 is 1.38 bits per heavy atom. The highest BCUT2D eigenvalue weighted by atomic mass is 16.3. The second-order valence-electron chi connectivity index (χ2n) is 2.91. The van der Waals surface area contributed by atoms with Crippen LogP contribution in [0.3, 0.4) is 0 Å². The Bertz CT molecular complexity index is 292. The van der Waals surface area contributed by atoms with Crippen molar-refractivity contribution in [3.05, 3.63) is 47.5 Å². The Kier molecular flexibility index (Phi) is 3.68. The number of aliphatic hydroxyl groups excluding tert-OH is 2. The zero-order valence-corrected chi connectivity index (χ0v) is 7.64. The minimum atomic E-state index is -0.617. The fourth-order valence-corrected chi connectivity index (χ4v) is 1.21. The van der Waals surface area contributed by atoms with Crippen molar-refractivity contribution in [1.29, 1.82) is 0 Å². The third-order valence-corrected chi connectivity index (χ3v) is 1.93. The van der Waals surface area contributed by atoms with Crippen molar-refractivity contribution in [2.24, 2.45) is 0 Å². The van der Waals surface area contributed by atoms with E-state index in [1.807, 2.05) is 31.2 Å². The molecule has 0 aromatic heterocycles. The van der Waals surface area contributed by atoms with E-state index in [-0.39, 0.29) is 6.61 Å². The minimum Gasteiger partial charge on any atom is -0.392 e. The Morgan fingerprint density at radius 3 is 2.69 bits per heavy atom. The van der Waals surface area contributed by atoms with Gasteiger partial charge in [-0.25, -0.2) is 0 Å². The van der Waals surface area contributed by atoms with Crippen LogP contribution in [0.25, 0.3) is 0 Å². The van der Waals surface area contributed by atoms with Crippen LogP contribution in [0, 0.1) is 6.92 Å². The topological polar surface area (TPSA) is 40.5 Å². The first kappa shape index (κ1) is 9.96. The van der Waals surface area contributed by atoms with Crippen LogP contribution in [0.2, 0.25) is 0 Å². The van der Waals surface area contributed by atoms with E-state index in [0.717, 1.165) is 11.1 Å². The highest BCUT2D eigenvalue weighted by molar-refractivity contribution is 5.29. The summed E-state index contributed by atoms with van der Waals surface area (Å²) >= 11 is 0. The summed E-state index contributed by atoms with van der Waals surface area (Å²) in [4.78, 5) is 0. The van der Waals surface area contributed by atoms with Gasteiger partial charge in [0.05, 0.1) is 12.7 Å². The molecule has 13 heavy (non-hydrogen) atoms. The molecule has 2 nitrogen and oxygen atoms in total. The maximum atomic E-state index is 9.63. The Morgan fingerprint density at radius 2 is 2.08 bits per heavy atom. The van der Waals surface area contributed by atoms with Crippen molar-refractivity contribution in [2.75, 3.05) is 6.61 Å². The van der Waals surface area contributed by atoms with Crippen molar-refractivity contribution >= 4 is 0 Å². The Labute approximate surface area is 78.2 Å². The van der Waals surface area contributed by atoms with Crippen LogP contribution in [-0.4, -0.2) is 16.8 Å². The fraction of sp³-hybridized carbons (Fsp3) is 0.273. The van der Waals surface area contributed by atoms with Crippen molar-refractivity contribution in [1.82, 2.24) is 0 Å². The molecule has 0 aliphatic rings. The first-order chi connectivity index (χ1) is 6.25. The molecule has 0 aliphatic carbocycles. The molecule has 0 heterocycles. The van der Waals surface area contributed by atoms with Gasteiger partial charge in [0.1, 0.15) is 0 Å². The Hall–Kier alpha value is -1.12. The molecule has 0 radical (unpaired) electrons. The zero-order valence-electron chi connectivity index (χ0n) is 7.64. The number of hydrogen-bond acceptors (Lipinski definition) is 2. The second-order valence-corrected chi connectivity index (χ2v) is 2.91. The standard InChI is InChI=1S/C11H14O2/c1-9-5-2-3-6-10(9)11(13)7-4-8-12/h2-7,11-13H,8H2,1H3/b7-4-/t11-/m0/s1. The molecule has 2 heteroatoms. The van der Waals surface area contributed by atoms with Gasteiger partial charge in [-0.15, -0.1) is 0 Å². The summed E-state index contributed by atoms with van der Waals surface area (Å²) in [6.45, 7) is 1.91. The first-order valence-electron chi connectivity index (χ1n) is 4.27. The molecule has 1 aromatic rings. The molecular formula is C11H14O2. The van der Waals surface area contributed by atoms with Gasteiger partial charge >= 0.3 is 0 Å². The van der Waals surface area contributed by atoms with Crippen LogP contribution >= 0.6 is 0 Å². The molecule has 0 saturated heterocycles. The molecule has 0 fully saturated rings. The SMILES string of the molecule is Cc1ccccc1[C@@H](O)/C=C\CO. The van der Waals surface area contributed by atoms with E-state index in [1.165, 1.54) is 6.08 Å². The normalized spacial score (nSPS) is 13.5. The number of aryl methyl sites for hydroxylation is 1. The number of aliphatic hydroxyl groups is 2. The van der Waals surface area contributed by atoms with Crippen molar-refractivity contribution in [3.63, 3.8) is 0 Å².